The first-order valence-electron chi connectivity index (χ1n) is 7.22. The Kier molecular flexibility index (Phi) is 4.81. The molecular formula is C17H23N2O2+. The monoisotopic (exact) mass is 287 g/mol. The van der Waals surface area contributed by atoms with Gasteiger partial charge in [-0.25, -0.2) is 0 Å². The van der Waals surface area contributed by atoms with E-state index in [0.717, 1.165) is 28.6 Å². The van der Waals surface area contributed by atoms with Gasteiger partial charge in [-0.1, -0.05) is 38.1 Å². The van der Waals surface area contributed by atoms with E-state index in [9.17, 15) is 4.79 Å². The van der Waals surface area contributed by atoms with E-state index in [4.69, 9.17) is 4.74 Å². The van der Waals surface area contributed by atoms with Crippen LogP contribution in [0.2, 0.25) is 0 Å². The summed E-state index contributed by atoms with van der Waals surface area (Å²) in [6.07, 6.45) is 0.774. The minimum atomic E-state index is -0.248. The van der Waals surface area contributed by atoms with Crippen molar-refractivity contribution in [1.29, 1.82) is 0 Å². The molecule has 0 aliphatic heterocycles. The fourth-order valence-electron chi connectivity index (χ4n) is 2.44. The molecule has 112 valence electrons. The molecule has 1 atom stereocenters. The number of anilines is 1. The molecule has 21 heavy (non-hydrogen) atoms. The number of carbonyl (C=O) groups excluding carboxylic acids is 1. The van der Waals surface area contributed by atoms with Crippen LogP contribution in [0.25, 0.3) is 10.8 Å². The summed E-state index contributed by atoms with van der Waals surface area (Å²) in [7, 11) is 1.64. The maximum Gasteiger partial charge on any atom is 0.282 e. The fraction of sp³-hybridized carbons (Fsp3) is 0.353. The molecule has 2 aromatic rings. The van der Waals surface area contributed by atoms with Crippen LogP contribution in [0, 0.1) is 5.92 Å². The molecule has 0 fully saturated rings. The molecule has 4 heteroatoms. The maximum absolute atomic E-state index is 12.2. The van der Waals surface area contributed by atoms with Crippen LogP contribution in [0.4, 0.5) is 5.69 Å². The second-order valence-electron chi connectivity index (χ2n) is 5.72. The van der Waals surface area contributed by atoms with Gasteiger partial charge in [-0.15, -0.1) is 0 Å². The molecule has 0 unspecified atom stereocenters. The highest BCUT2D eigenvalue weighted by Crippen LogP contribution is 2.29. The Morgan fingerprint density at radius 2 is 2.00 bits per heavy atom. The van der Waals surface area contributed by atoms with Crippen molar-refractivity contribution in [2.24, 2.45) is 5.92 Å². The minimum Gasteiger partial charge on any atom is -0.496 e. The lowest BCUT2D eigenvalue weighted by molar-refractivity contribution is -0.405. The van der Waals surface area contributed by atoms with Crippen molar-refractivity contribution in [3.05, 3.63) is 36.4 Å². The average Bonchev–Trinajstić information content (AvgIpc) is 2.45. The third kappa shape index (κ3) is 3.73. The quantitative estimate of drug-likeness (QED) is 0.887. The number of hydrogen-bond donors (Lipinski definition) is 2. The van der Waals surface area contributed by atoms with Gasteiger partial charge in [0.2, 0.25) is 0 Å². The van der Waals surface area contributed by atoms with Crippen LogP contribution >= 0.6 is 0 Å². The first-order valence-corrected chi connectivity index (χ1v) is 7.22. The number of benzene rings is 2. The summed E-state index contributed by atoms with van der Waals surface area (Å²) in [5.41, 5.74) is 4.68. The molecule has 4 nitrogen and oxygen atoms in total. The summed E-state index contributed by atoms with van der Waals surface area (Å²) < 4.78 is 5.41. The maximum atomic E-state index is 12.2. The Morgan fingerprint density at radius 3 is 2.67 bits per heavy atom. The van der Waals surface area contributed by atoms with E-state index in [1.54, 1.807) is 7.11 Å². The second-order valence-corrected chi connectivity index (χ2v) is 5.72. The van der Waals surface area contributed by atoms with Crippen LogP contribution in [0.1, 0.15) is 20.3 Å². The highest BCUT2D eigenvalue weighted by molar-refractivity contribution is 5.98. The number of quaternary nitrogens is 1. The molecule has 0 saturated heterocycles. The number of methoxy groups -OCH3 is 1. The van der Waals surface area contributed by atoms with E-state index in [1.165, 1.54) is 0 Å². The zero-order valence-corrected chi connectivity index (χ0v) is 12.8. The van der Waals surface area contributed by atoms with Gasteiger partial charge in [-0.3, -0.25) is 4.79 Å². The molecule has 2 aromatic carbocycles. The molecule has 0 aliphatic rings. The van der Waals surface area contributed by atoms with Gasteiger partial charge >= 0.3 is 0 Å². The van der Waals surface area contributed by atoms with Crippen molar-refractivity contribution in [2.75, 3.05) is 12.4 Å². The predicted molar refractivity (Wildman–Crippen MR) is 85.3 cm³/mol. The van der Waals surface area contributed by atoms with Crippen molar-refractivity contribution in [3.8, 4) is 5.75 Å². The van der Waals surface area contributed by atoms with Gasteiger partial charge in [0.15, 0.2) is 6.04 Å². The second kappa shape index (κ2) is 6.59. The van der Waals surface area contributed by atoms with Gasteiger partial charge in [-0.2, -0.15) is 0 Å². The molecule has 0 radical (unpaired) electrons. The molecule has 1 amide bonds. The van der Waals surface area contributed by atoms with E-state index in [-0.39, 0.29) is 11.9 Å². The summed E-state index contributed by atoms with van der Waals surface area (Å²) in [5.74, 6) is 1.15. The summed E-state index contributed by atoms with van der Waals surface area (Å²) in [4.78, 5) is 12.2. The first-order chi connectivity index (χ1) is 10.0. The van der Waals surface area contributed by atoms with Crippen molar-refractivity contribution >= 4 is 22.4 Å². The summed E-state index contributed by atoms with van der Waals surface area (Å²) in [6.45, 7) is 4.18. The molecule has 0 heterocycles. The largest absolute Gasteiger partial charge is 0.496 e. The Labute approximate surface area is 125 Å². The number of nitrogens with one attached hydrogen (secondary N) is 1. The number of hydrogen-bond acceptors (Lipinski definition) is 2. The highest BCUT2D eigenvalue weighted by Gasteiger charge is 2.19. The van der Waals surface area contributed by atoms with Crippen molar-refractivity contribution in [1.82, 2.24) is 0 Å². The molecular weight excluding hydrogens is 264 g/mol. The molecule has 4 N–H and O–H groups in total. The van der Waals surface area contributed by atoms with Gasteiger partial charge in [0.05, 0.1) is 7.11 Å². The normalized spacial score (nSPS) is 12.4. The molecule has 0 aliphatic carbocycles. The summed E-state index contributed by atoms with van der Waals surface area (Å²) >= 11 is 0. The number of amides is 1. The van der Waals surface area contributed by atoms with Gasteiger partial charge in [0.1, 0.15) is 5.75 Å². The van der Waals surface area contributed by atoms with Crippen LogP contribution in [-0.4, -0.2) is 19.1 Å². The molecule has 0 aromatic heterocycles. The molecule has 2 rings (SSSR count). The third-order valence-corrected chi connectivity index (χ3v) is 3.44. The van der Waals surface area contributed by atoms with Gasteiger partial charge < -0.3 is 15.8 Å². The van der Waals surface area contributed by atoms with Gasteiger partial charge in [0.25, 0.3) is 5.91 Å². The number of fused-ring (bicyclic) bond motifs is 1. The molecule has 0 spiro atoms. The Hall–Kier alpha value is -2.07. The lowest BCUT2D eigenvalue weighted by Gasteiger charge is -2.13. The topological polar surface area (TPSA) is 66.0 Å². The minimum absolute atomic E-state index is 0.0546. The number of rotatable bonds is 5. The van der Waals surface area contributed by atoms with E-state index in [1.807, 2.05) is 36.4 Å². The van der Waals surface area contributed by atoms with Crippen LogP contribution in [0.5, 0.6) is 5.75 Å². The van der Waals surface area contributed by atoms with E-state index < -0.39 is 0 Å². The molecule has 0 saturated carbocycles. The highest BCUT2D eigenvalue weighted by atomic mass is 16.5. The van der Waals surface area contributed by atoms with Crippen molar-refractivity contribution in [3.63, 3.8) is 0 Å². The Bertz CT molecular complexity index is 638. The van der Waals surface area contributed by atoms with Gasteiger partial charge in [0, 0.05) is 23.6 Å². The van der Waals surface area contributed by atoms with Crippen molar-refractivity contribution < 1.29 is 15.3 Å². The zero-order chi connectivity index (χ0) is 15.4. The SMILES string of the molecule is COc1cc(NC(=O)[C@H]([NH3+])CC(C)C)cc2ccccc12. The predicted octanol–water partition coefficient (Wildman–Crippen LogP) is 2.44. The zero-order valence-electron chi connectivity index (χ0n) is 12.8. The first kappa shape index (κ1) is 15.3. The van der Waals surface area contributed by atoms with Crippen LogP contribution in [0.15, 0.2) is 36.4 Å². The number of carbonyl (C=O) groups is 1. The van der Waals surface area contributed by atoms with Crippen LogP contribution in [-0.2, 0) is 4.79 Å². The smallest absolute Gasteiger partial charge is 0.282 e. The summed E-state index contributed by atoms with van der Waals surface area (Å²) in [5, 5.41) is 5.00. The van der Waals surface area contributed by atoms with Crippen LogP contribution < -0.4 is 15.8 Å². The van der Waals surface area contributed by atoms with Crippen molar-refractivity contribution in [2.45, 2.75) is 26.3 Å². The average molecular weight is 287 g/mol. The Balaban J connectivity index is 2.24. The van der Waals surface area contributed by atoms with E-state index in [0.29, 0.717) is 5.92 Å². The van der Waals surface area contributed by atoms with E-state index >= 15 is 0 Å². The van der Waals surface area contributed by atoms with Crippen LogP contribution in [0.3, 0.4) is 0 Å². The number of ether oxygens (including phenoxy) is 1. The molecule has 0 bridgehead atoms. The fourth-order valence-corrected chi connectivity index (χ4v) is 2.44. The standard InChI is InChI=1S/C17H22N2O2/c1-11(2)8-15(18)17(20)19-13-9-12-6-4-5-7-14(12)16(10-13)21-3/h4-7,9-11,15H,8,18H2,1-3H3,(H,19,20)/p+1/t15-/m1/s1. The lowest BCUT2D eigenvalue weighted by atomic mass is 10.0. The Morgan fingerprint density at radius 1 is 1.29 bits per heavy atom. The van der Waals surface area contributed by atoms with E-state index in [2.05, 4.69) is 24.9 Å². The van der Waals surface area contributed by atoms with Gasteiger partial charge in [-0.05, 0) is 17.4 Å². The third-order valence-electron chi connectivity index (χ3n) is 3.44. The summed E-state index contributed by atoms with van der Waals surface area (Å²) in [6, 6.07) is 11.5. The lowest BCUT2D eigenvalue weighted by Crippen LogP contribution is -2.66.